The fourth-order valence-electron chi connectivity index (χ4n) is 7.01. The fourth-order valence-corrected chi connectivity index (χ4v) is 10.5. The normalized spacial score (nSPS) is 21.5. The first-order valence-corrected chi connectivity index (χ1v) is 28.3. The standard InChI is InChI=1S/C32H32O12P4.C8H16O4.C6H5ClO2P/c33-45(38-26-13-5-1-6-14-26)37-24-32(44-48(36)41-29-19-11-4-12-20-29)25-21-22-30(42-46(34)39-27-15-7-2-8-16-27)31(23-25)43-47(35)40-28-17-9-3-10-18-28;9-4-8(12)5-1-2-6(10)7(11)3-5;7-10(8)9-6-4-2-1-3-5-6/h1-20,25,30-32H,21-24H2;5-12H,1-4H2;1-5H/q+4;;+1. The molecule has 2 aliphatic carbocycles. The monoisotopic (exact) mass is 1080 g/mol. The SMILES string of the molecule is O=[P+](Cl)Oc1ccccc1.O=[P+](OCC(O[P+](=O)Oc1ccccc1)C1CCC(O[P+](=O)Oc2ccccc2)C(O[P+](=O)Oc2ccccc2)C1)Oc1ccccc1.OCC(O)C1CCC(O)C(O)C1. The van der Waals surface area contributed by atoms with Crippen molar-refractivity contribution in [1.29, 1.82) is 0 Å². The molecule has 13 atom stereocenters. The van der Waals surface area contributed by atoms with E-state index in [9.17, 15) is 33.0 Å². The van der Waals surface area contributed by atoms with Crippen LogP contribution in [-0.4, -0.2) is 70.3 Å². The number of benzene rings is 5. The van der Waals surface area contributed by atoms with Gasteiger partial charge in [0.15, 0.2) is 28.7 Å². The second-order valence-corrected chi connectivity index (χ2v) is 20.2. The quantitative estimate of drug-likeness (QED) is 0.0470. The average Bonchev–Trinajstić information content (AvgIpc) is 3.35. The van der Waals surface area contributed by atoms with Crippen LogP contribution in [0.5, 0.6) is 28.7 Å². The summed E-state index contributed by atoms with van der Waals surface area (Å²) in [6, 6.07) is 42.8. The van der Waals surface area contributed by atoms with Crippen molar-refractivity contribution >= 4 is 51.6 Å². The van der Waals surface area contributed by atoms with Crippen LogP contribution in [0, 0.1) is 11.8 Å². The van der Waals surface area contributed by atoms with Crippen LogP contribution in [0.25, 0.3) is 0 Å². The van der Waals surface area contributed by atoms with E-state index in [0.29, 0.717) is 54.4 Å². The van der Waals surface area contributed by atoms with Crippen molar-refractivity contribution in [1.82, 2.24) is 0 Å². The number of aliphatic hydroxyl groups is 4. The Hall–Kier alpha value is -4.43. The summed E-state index contributed by atoms with van der Waals surface area (Å²) in [5, 5.41) is 36.3. The maximum atomic E-state index is 13.0. The molecule has 5 aromatic carbocycles. The molecule has 0 bridgehead atoms. The minimum Gasteiger partial charge on any atom is -0.394 e. The number of hydrogen-bond donors (Lipinski definition) is 4. The average molecular weight is 1080 g/mol. The highest BCUT2D eigenvalue weighted by Crippen LogP contribution is 2.44. The van der Waals surface area contributed by atoms with Crippen molar-refractivity contribution in [3.63, 3.8) is 0 Å². The van der Waals surface area contributed by atoms with Gasteiger partial charge in [-0.25, -0.2) is 22.6 Å². The lowest BCUT2D eigenvalue weighted by molar-refractivity contribution is -0.0585. The summed E-state index contributed by atoms with van der Waals surface area (Å²) in [6.45, 7) is -0.560. The van der Waals surface area contributed by atoms with Gasteiger partial charge in [0.05, 0.1) is 24.9 Å². The van der Waals surface area contributed by atoms with Gasteiger partial charge in [-0.2, -0.15) is 0 Å². The Kier molecular flexibility index (Phi) is 25.1. The molecule has 0 radical (unpaired) electrons. The fraction of sp³-hybridized carbons (Fsp3) is 0.348. The third kappa shape index (κ3) is 21.1. The third-order valence-electron chi connectivity index (χ3n) is 10.5. The smallest absolute Gasteiger partial charge is 0.394 e. The van der Waals surface area contributed by atoms with Crippen LogP contribution < -0.4 is 22.6 Å². The van der Waals surface area contributed by atoms with E-state index in [0.717, 1.165) is 0 Å². The van der Waals surface area contributed by atoms with Crippen molar-refractivity contribution in [3.05, 3.63) is 152 Å². The Morgan fingerprint density at radius 3 is 1.31 bits per heavy atom. The van der Waals surface area contributed by atoms with Gasteiger partial charge >= 0.3 is 40.4 Å². The predicted molar refractivity (Wildman–Crippen MR) is 260 cm³/mol. The topological polar surface area (TPSA) is 249 Å². The Balaban J connectivity index is 0.000000338. The van der Waals surface area contributed by atoms with E-state index in [1.54, 1.807) is 146 Å². The lowest BCUT2D eigenvalue weighted by Gasteiger charge is -2.32. The van der Waals surface area contributed by atoms with Crippen molar-refractivity contribution in [2.75, 3.05) is 13.2 Å². The number of aliphatic hydroxyl groups excluding tert-OH is 4. The summed E-state index contributed by atoms with van der Waals surface area (Å²) >= 11 is 5.10. The molecule has 0 aliphatic heterocycles. The molecule has 372 valence electrons. The Labute approximate surface area is 414 Å². The van der Waals surface area contributed by atoms with Crippen molar-refractivity contribution in [2.24, 2.45) is 11.8 Å². The maximum absolute atomic E-state index is 13.0. The molecule has 13 unspecified atom stereocenters. The molecule has 0 heterocycles. The minimum atomic E-state index is -2.70. The Morgan fingerprint density at radius 1 is 0.486 bits per heavy atom. The molecule has 2 saturated carbocycles. The Morgan fingerprint density at radius 2 is 0.886 bits per heavy atom. The number of hydrogen-bond acceptors (Lipinski definition) is 18. The molecule has 0 aromatic heterocycles. The van der Waals surface area contributed by atoms with Crippen LogP contribution in [0.2, 0.25) is 0 Å². The third-order valence-corrected chi connectivity index (χ3v) is 14.2. The zero-order valence-corrected chi connectivity index (χ0v) is 42.6. The van der Waals surface area contributed by atoms with Gasteiger partial charge in [-0.1, -0.05) is 91.0 Å². The van der Waals surface area contributed by atoms with Crippen LogP contribution in [0.15, 0.2) is 152 Å². The van der Waals surface area contributed by atoms with Crippen LogP contribution in [0.1, 0.15) is 38.5 Å². The molecule has 7 rings (SSSR count). The zero-order valence-electron chi connectivity index (χ0n) is 37.3. The lowest BCUT2D eigenvalue weighted by Crippen LogP contribution is -2.41. The van der Waals surface area contributed by atoms with Gasteiger partial charge in [-0.15, -0.1) is 18.1 Å². The molecule has 4 N–H and O–H groups in total. The van der Waals surface area contributed by atoms with Crippen molar-refractivity contribution in [3.8, 4) is 28.7 Å². The van der Waals surface area contributed by atoms with Crippen LogP contribution in [0.4, 0.5) is 0 Å². The first kappa shape index (κ1) is 56.5. The maximum Gasteiger partial charge on any atom is 0.750 e. The van der Waals surface area contributed by atoms with Gasteiger partial charge in [0, 0.05) is 22.8 Å². The van der Waals surface area contributed by atoms with Gasteiger partial charge in [0.1, 0.15) is 24.9 Å². The molecule has 18 nitrogen and oxygen atoms in total. The first-order chi connectivity index (χ1) is 33.8. The summed E-state index contributed by atoms with van der Waals surface area (Å²) in [7, 11) is -12.7. The zero-order chi connectivity index (χ0) is 50.1. The number of halogens is 1. The molecule has 0 spiro atoms. The highest BCUT2D eigenvalue weighted by Gasteiger charge is 2.49. The van der Waals surface area contributed by atoms with Crippen molar-refractivity contribution < 1.29 is 84.0 Å². The molecule has 24 heteroatoms. The van der Waals surface area contributed by atoms with Crippen LogP contribution >= 0.6 is 51.6 Å². The van der Waals surface area contributed by atoms with E-state index in [2.05, 4.69) is 4.52 Å². The van der Waals surface area contributed by atoms with Crippen LogP contribution in [0.3, 0.4) is 0 Å². The molecular weight excluding hydrogens is 1030 g/mol. The molecule has 2 fully saturated rings. The number of rotatable bonds is 22. The number of para-hydroxylation sites is 5. The first-order valence-electron chi connectivity index (χ1n) is 21.8. The minimum absolute atomic E-state index is 0.0756. The summed E-state index contributed by atoms with van der Waals surface area (Å²) in [5.41, 5.74) is 0. The molecule has 70 heavy (non-hydrogen) atoms. The molecule has 5 aromatic rings. The summed E-state index contributed by atoms with van der Waals surface area (Å²) in [4.78, 5) is 0. The Bertz CT molecular complexity index is 2300. The van der Waals surface area contributed by atoms with E-state index in [1.807, 2.05) is 6.07 Å². The van der Waals surface area contributed by atoms with Gasteiger partial charge < -0.3 is 20.4 Å². The van der Waals surface area contributed by atoms with E-state index >= 15 is 0 Å². The highest BCUT2D eigenvalue weighted by molar-refractivity contribution is 7.70. The van der Waals surface area contributed by atoms with Gasteiger partial charge in [0.25, 0.3) is 11.2 Å². The molecule has 2 aliphatic rings. The second kappa shape index (κ2) is 31.1. The van der Waals surface area contributed by atoms with E-state index in [4.69, 9.17) is 57.6 Å². The van der Waals surface area contributed by atoms with E-state index in [-0.39, 0.29) is 32.0 Å². The largest absolute Gasteiger partial charge is 0.750 e. The second-order valence-electron chi connectivity index (χ2n) is 15.4. The summed E-state index contributed by atoms with van der Waals surface area (Å²) in [5.74, 6) is 1.34. The predicted octanol–water partition coefficient (Wildman–Crippen LogP) is 11.7. The van der Waals surface area contributed by atoms with Crippen LogP contribution in [-0.2, 0) is 40.9 Å². The summed E-state index contributed by atoms with van der Waals surface area (Å²) < 4.78 is 111. The lowest BCUT2D eigenvalue weighted by atomic mass is 9.82. The van der Waals surface area contributed by atoms with Gasteiger partial charge in [-0.05, 0) is 111 Å². The highest BCUT2D eigenvalue weighted by atomic mass is 35.7. The van der Waals surface area contributed by atoms with Crippen molar-refractivity contribution in [2.45, 2.75) is 75.1 Å². The summed E-state index contributed by atoms with van der Waals surface area (Å²) in [6.07, 6.45) is -2.54. The van der Waals surface area contributed by atoms with E-state index < -0.39 is 82.9 Å². The molecule has 0 saturated heterocycles. The molecule has 0 amide bonds. The van der Waals surface area contributed by atoms with Gasteiger partial charge in [-0.3, -0.25) is 0 Å². The van der Waals surface area contributed by atoms with E-state index in [1.165, 1.54) is 0 Å². The van der Waals surface area contributed by atoms with Gasteiger partial charge in [0.2, 0.25) is 0 Å². The molecular formula is C46H53ClO18P5+5.